The summed E-state index contributed by atoms with van der Waals surface area (Å²) in [4.78, 5) is 16.8. The van der Waals surface area contributed by atoms with Gasteiger partial charge in [0.05, 0.1) is 5.56 Å². The molecule has 1 amide bonds. The molecule has 17 heavy (non-hydrogen) atoms. The highest BCUT2D eigenvalue weighted by atomic mass is 19.2. The summed E-state index contributed by atoms with van der Waals surface area (Å²) in [7, 11) is 0. The van der Waals surface area contributed by atoms with E-state index >= 15 is 0 Å². The molecule has 5 heteroatoms. The number of nitrogens with zero attached hydrogens (tertiary/aromatic N) is 2. The molecule has 0 aliphatic carbocycles. The van der Waals surface area contributed by atoms with Crippen LogP contribution in [0.3, 0.4) is 0 Å². The topological polar surface area (TPSA) is 33.2 Å². The third-order valence-electron chi connectivity index (χ3n) is 3.02. The molecule has 1 saturated heterocycles. The number of aromatic nitrogens is 1. The minimum absolute atomic E-state index is 0.230. The van der Waals surface area contributed by atoms with E-state index < -0.39 is 17.7 Å². The van der Waals surface area contributed by atoms with E-state index in [1.54, 1.807) is 4.90 Å². The molecule has 2 rings (SSSR count). The number of rotatable bonds is 1. The summed E-state index contributed by atoms with van der Waals surface area (Å²) in [6.45, 7) is 3.25. The number of halogens is 2. The Labute approximate surface area is 98.5 Å². The zero-order valence-electron chi connectivity index (χ0n) is 9.62. The molecule has 3 nitrogen and oxygen atoms in total. The van der Waals surface area contributed by atoms with Crippen molar-refractivity contribution in [3.05, 3.63) is 29.6 Å². The molecule has 1 aromatic heterocycles. The van der Waals surface area contributed by atoms with E-state index in [4.69, 9.17) is 0 Å². The summed E-state index contributed by atoms with van der Waals surface area (Å²) in [5.74, 6) is -2.42. The Morgan fingerprint density at radius 3 is 3.00 bits per heavy atom. The van der Waals surface area contributed by atoms with E-state index in [0.29, 0.717) is 19.0 Å². The largest absolute Gasteiger partial charge is 0.338 e. The fraction of sp³-hybridized carbons (Fsp3) is 0.500. The molecule has 0 aromatic carbocycles. The van der Waals surface area contributed by atoms with Gasteiger partial charge in [0.25, 0.3) is 5.91 Å². The van der Waals surface area contributed by atoms with Gasteiger partial charge in [0, 0.05) is 19.3 Å². The molecule has 1 fully saturated rings. The van der Waals surface area contributed by atoms with E-state index in [1.165, 1.54) is 6.07 Å². The lowest BCUT2D eigenvalue weighted by molar-refractivity contribution is 0.0676. The second-order valence-corrected chi connectivity index (χ2v) is 4.46. The Hall–Kier alpha value is -1.52. The lowest BCUT2D eigenvalue weighted by Gasteiger charge is -2.31. The smallest absolute Gasteiger partial charge is 0.257 e. The molecule has 0 spiro atoms. The Morgan fingerprint density at radius 1 is 1.53 bits per heavy atom. The third kappa shape index (κ3) is 2.43. The van der Waals surface area contributed by atoms with Gasteiger partial charge in [0.2, 0.25) is 5.95 Å². The molecule has 2 heterocycles. The van der Waals surface area contributed by atoms with Gasteiger partial charge in [-0.25, -0.2) is 9.37 Å². The van der Waals surface area contributed by atoms with Crippen molar-refractivity contribution in [3.63, 3.8) is 0 Å². The average molecular weight is 240 g/mol. The maximum Gasteiger partial charge on any atom is 0.257 e. The van der Waals surface area contributed by atoms with Gasteiger partial charge in [-0.1, -0.05) is 6.92 Å². The predicted octanol–water partition coefficient (Wildman–Crippen LogP) is 2.23. The van der Waals surface area contributed by atoms with Crippen LogP contribution < -0.4 is 0 Å². The molecule has 92 valence electrons. The Bertz CT molecular complexity index is 437. The van der Waals surface area contributed by atoms with Crippen LogP contribution in [0.1, 0.15) is 30.1 Å². The van der Waals surface area contributed by atoms with Gasteiger partial charge >= 0.3 is 0 Å². The number of likely N-dealkylation sites (tertiary alicyclic amines) is 1. The first-order chi connectivity index (χ1) is 8.09. The number of pyridine rings is 1. The van der Waals surface area contributed by atoms with Gasteiger partial charge in [-0.05, 0) is 24.8 Å². The van der Waals surface area contributed by atoms with Crippen molar-refractivity contribution in [1.82, 2.24) is 9.88 Å². The van der Waals surface area contributed by atoms with Crippen molar-refractivity contribution in [2.45, 2.75) is 19.8 Å². The summed E-state index contributed by atoms with van der Waals surface area (Å²) in [5, 5.41) is 0. The Balaban J connectivity index is 2.22. The van der Waals surface area contributed by atoms with Crippen LogP contribution in [-0.2, 0) is 0 Å². The summed E-state index contributed by atoms with van der Waals surface area (Å²) in [6, 6.07) is 1.22. The van der Waals surface area contributed by atoms with Gasteiger partial charge in [-0.3, -0.25) is 4.79 Å². The second-order valence-electron chi connectivity index (χ2n) is 4.46. The highest BCUT2D eigenvalue weighted by molar-refractivity contribution is 5.94. The molecule has 0 radical (unpaired) electrons. The molecule has 1 aliphatic rings. The Kier molecular flexibility index (Phi) is 3.36. The van der Waals surface area contributed by atoms with Gasteiger partial charge in [0.1, 0.15) is 0 Å². The molecule has 1 atom stereocenters. The van der Waals surface area contributed by atoms with Gasteiger partial charge < -0.3 is 4.90 Å². The van der Waals surface area contributed by atoms with Crippen LogP contribution in [-0.4, -0.2) is 28.9 Å². The normalized spacial score (nSPS) is 20.4. The van der Waals surface area contributed by atoms with Gasteiger partial charge in [-0.2, -0.15) is 4.39 Å². The highest BCUT2D eigenvalue weighted by Crippen LogP contribution is 2.19. The van der Waals surface area contributed by atoms with Crippen molar-refractivity contribution in [3.8, 4) is 0 Å². The molecule has 0 bridgehead atoms. The SMILES string of the molecule is CC1CCCN(C(=O)c2ccnc(F)c2F)C1. The van der Waals surface area contributed by atoms with Crippen molar-refractivity contribution in [2.24, 2.45) is 5.92 Å². The van der Waals surface area contributed by atoms with Crippen molar-refractivity contribution >= 4 is 5.91 Å². The average Bonchev–Trinajstić information content (AvgIpc) is 2.32. The van der Waals surface area contributed by atoms with Crippen LogP contribution in [0.5, 0.6) is 0 Å². The summed E-state index contributed by atoms with van der Waals surface area (Å²) in [5.41, 5.74) is -0.230. The van der Waals surface area contributed by atoms with Crippen LogP contribution in [0.15, 0.2) is 12.3 Å². The standard InChI is InChI=1S/C12H14F2N2O/c1-8-3-2-6-16(7-8)12(17)9-4-5-15-11(14)10(9)13/h4-5,8H,2-3,6-7H2,1H3. The van der Waals surface area contributed by atoms with Crippen LogP contribution >= 0.6 is 0 Å². The number of amides is 1. The molecule has 1 unspecified atom stereocenters. The molecule has 0 saturated carbocycles. The van der Waals surface area contributed by atoms with E-state index in [0.717, 1.165) is 19.0 Å². The predicted molar refractivity (Wildman–Crippen MR) is 58.5 cm³/mol. The maximum atomic E-state index is 13.4. The van der Waals surface area contributed by atoms with Crippen LogP contribution in [0, 0.1) is 17.7 Å². The first-order valence-corrected chi connectivity index (χ1v) is 5.69. The monoisotopic (exact) mass is 240 g/mol. The first kappa shape index (κ1) is 12.0. The van der Waals surface area contributed by atoms with Gasteiger partial charge in [-0.15, -0.1) is 0 Å². The number of hydrogen-bond acceptors (Lipinski definition) is 2. The molecule has 1 aliphatic heterocycles. The van der Waals surface area contributed by atoms with Crippen molar-refractivity contribution in [1.29, 1.82) is 0 Å². The van der Waals surface area contributed by atoms with E-state index in [2.05, 4.69) is 4.98 Å². The minimum atomic E-state index is -1.22. The van der Waals surface area contributed by atoms with Crippen LogP contribution in [0.2, 0.25) is 0 Å². The Morgan fingerprint density at radius 2 is 2.29 bits per heavy atom. The van der Waals surface area contributed by atoms with E-state index in [-0.39, 0.29) is 5.56 Å². The minimum Gasteiger partial charge on any atom is -0.338 e. The highest BCUT2D eigenvalue weighted by Gasteiger charge is 2.25. The fourth-order valence-corrected chi connectivity index (χ4v) is 2.13. The molecule has 0 N–H and O–H groups in total. The quantitative estimate of drug-likeness (QED) is 0.705. The zero-order chi connectivity index (χ0) is 12.4. The number of piperidine rings is 1. The fourth-order valence-electron chi connectivity index (χ4n) is 2.13. The van der Waals surface area contributed by atoms with Gasteiger partial charge in [0.15, 0.2) is 5.82 Å². The van der Waals surface area contributed by atoms with Crippen molar-refractivity contribution < 1.29 is 13.6 Å². The summed E-state index contributed by atoms with van der Waals surface area (Å²) < 4.78 is 26.3. The second kappa shape index (κ2) is 4.77. The third-order valence-corrected chi connectivity index (χ3v) is 3.02. The summed E-state index contributed by atoms with van der Waals surface area (Å²) in [6.07, 6.45) is 3.08. The van der Waals surface area contributed by atoms with Crippen molar-refractivity contribution in [2.75, 3.05) is 13.1 Å². The molecular weight excluding hydrogens is 226 g/mol. The number of carbonyl (C=O) groups is 1. The lowest BCUT2D eigenvalue weighted by atomic mass is 9.99. The first-order valence-electron chi connectivity index (χ1n) is 5.69. The number of carbonyl (C=O) groups excluding carboxylic acids is 1. The maximum absolute atomic E-state index is 13.4. The lowest BCUT2D eigenvalue weighted by Crippen LogP contribution is -2.39. The zero-order valence-corrected chi connectivity index (χ0v) is 9.62. The summed E-state index contributed by atoms with van der Waals surface area (Å²) >= 11 is 0. The molecule has 1 aromatic rings. The molecular formula is C12H14F2N2O. The van der Waals surface area contributed by atoms with Crippen LogP contribution in [0.4, 0.5) is 8.78 Å². The van der Waals surface area contributed by atoms with Crippen LogP contribution in [0.25, 0.3) is 0 Å². The van der Waals surface area contributed by atoms with E-state index in [9.17, 15) is 13.6 Å². The van der Waals surface area contributed by atoms with E-state index in [1.807, 2.05) is 6.92 Å². The number of hydrogen-bond donors (Lipinski definition) is 0.